The van der Waals surface area contributed by atoms with Crippen LogP contribution in [0, 0.1) is 0 Å². The number of nitrogens with zero attached hydrogens (tertiary/aromatic N) is 2. The molecule has 1 aliphatic rings. The first-order valence-corrected chi connectivity index (χ1v) is 12.6. The molecule has 0 aliphatic carbocycles. The number of aromatic nitrogens is 2. The number of hydrogen-bond acceptors (Lipinski definition) is 7. The van der Waals surface area contributed by atoms with Gasteiger partial charge in [-0.3, -0.25) is 0 Å². The van der Waals surface area contributed by atoms with Crippen LogP contribution in [0.5, 0.6) is 11.5 Å². The van der Waals surface area contributed by atoms with Crippen LogP contribution in [0.15, 0.2) is 91.0 Å². The molecule has 5 aromatic rings. The predicted octanol–water partition coefficient (Wildman–Crippen LogP) is 6.17. The molecule has 7 heteroatoms. The molecule has 0 spiro atoms. The Labute approximate surface area is 217 Å². The third-order valence-corrected chi connectivity index (χ3v) is 6.93. The third kappa shape index (κ3) is 4.81. The van der Waals surface area contributed by atoms with E-state index in [1.165, 1.54) is 0 Å². The number of cyclic esters (lactones) is 1. The minimum absolute atomic E-state index is 0.119. The Morgan fingerprint density at radius 1 is 0.865 bits per heavy atom. The summed E-state index contributed by atoms with van der Waals surface area (Å²) in [5.74, 6) is 0.512. The van der Waals surface area contributed by atoms with E-state index in [0.717, 1.165) is 56.3 Å². The molecule has 0 saturated heterocycles. The lowest BCUT2D eigenvalue weighted by Gasteiger charge is -2.15. The smallest absolute Gasteiger partial charge is 0.338 e. The minimum Gasteiger partial charge on any atom is -0.508 e. The van der Waals surface area contributed by atoms with Gasteiger partial charge in [0.2, 0.25) is 0 Å². The van der Waals surface area contributed by atoms with Gasteiger partial charge in [0, 0.05) is 12.0 Å². The SMILES string of the molecule is O=C1OCC=C1c1cc(O)c(Cc2ccc(OCc3ccccc3)cc2)c(-c2ccc3nsnc3c2)c1. The zero-order valence-corrected chi connectivity index (χ0v) is 20.6. The fourth-order valence-electron chi connectivity index (χ4n) is 4.45. The van der Waals surface area contributed by atoms with Crippen LogP contribution in [0.25, 0.3) is 27.7 Å². The van der Waals surface area contributed by atoms with Gasteiger partial charge in [0.05, 0.1) is 17.3 Å². The van der Waals surface area contributed by atoms with Gasteiger partial charge in [0.15, 0.2) is 0 Å². The van der Waals surface area contributed by atoms with Crippen molar-refractivity contribution in [2.75, 3.05) is 6.61 Å². The quantitative estimate of drug-likeness (QED) is 0.266. The molecule has 0 unspecified atom stereocenters. The Balaban J connectivity index is 1.33. The predicted molar refractivity (Wildman–Crippen MR) is 143 cm³/mol. The number of ether oxygens (including phenoxy) is 2. The van der Waals surface area contributed by atoms with Crippen molar-refractivity contribution in [3.05, 3.63) is 113 Å². The number of esters is 1. The second-order valence-corrected chi connectivity index (χ2v) is 9.33. The van der Waals surface area contributed by atoms with Crippen LogP contribution < -0.4 is 4.74 Å². The monoisotopic (exact) mass is 506 g/mol. The topological polar surface area (TPSA) is 81.5 Å². The summed E-state index contributed by atoms with van der Waals surface area (Å²) in [7, 11) is 0. The van der Waals surface area contributed by atoms with Gasteiger partial charge in [-0.15, -0.1) is 0 Å². The molecule has 1 N–H and O–H groups in total. The fourth-order valence-corrected chi connectivity index (χ4v) is 4.97. The maximum absolute atomic E-state index is 12.2. The standard InChI is InChI=1S/C30H22N2O4S/c33-29-17-22(24-12-13-35-30(24)34)15-25(21-8-11-27-28(16-21)32-37-31-27)26(29)14-19-6-9-23(10-7-19)36-18-20-4-2-1-3-5-20/h1-12,15-17,33H,13-14,18H2. The Morgan fingerprint density at radius 2 is 1.68 bits per heavy atom. The highest BCUT2D eigenvalue weighted by molar-refractivity contribution is 7.00. The van der Waals surface area contributed by atoms with E-state index in [1.807, 2.05) is 78.9 Å². The van der Waals surface area contributed by atoms with Crippen molar-refractivity contribution in [1.29, 1.82) is 0 Å². The number of hydrogen-bond donors (Lipinski definition) is 1. The molecular weight excluding hydrogens is 484 g/mol. The Morgan fingerprint density at radius 3 is 2.46 bits per heavy atom. The molecule has 6 nitrogen and oxygen atoms in total. The number of phenolic OH excluding ortho intramolecular Hbond substituents is 1. The maximum atomic E-state index is 12.2. The Hall–Kier alpha value is -4.49. The molecule has 182 valence electrons. The van der Waals surface area contributed by atoms with Gasteiger partial charge in [-0.1, -0.05) is 48.5 Å². The molecule has 0 bridgehead atoms. The summed E-state index contributed by atoms with van der Waals surface area (Å²) in [6, 6.07) is 27.3. The molecule has 2 heterocycles. The largest absolute Gasteiger partial charge is 0.508 e. The third-order valence-electron chi connectivity index (χ3n) is 6.38. The molecular formula is C30H22N2O4S. The van der Waals surface area contributed by atoms with Crippen LogP contribution in [0.3, 0.4) is 0 Å². The number of aromatic hydroxyl groups is 1. The first-order chi connectivity index (χ1) is 18.1. The molecule has 0 fully saturated rings. The summed E-state index contributed by atoms with van der Waals surface area (Å²) >= 11 is 1.16. The van der Waals surface area contributed by atoms with Gasteiger partial charge in [-0.2, -0.15) is 8.75 Å². The molecule has 4 aromatic carbocycles. The number of carbonyl (C=O) groups is 1. The van der Waals surface area contributed by atoms with E-state index in [1.54, 1.807) is 12.1 Å². The molecule has 6 rings (SSSR count). The van der Waals surface area contributed by atoms with Crippen molar-refractivity contribution in [2.45, 2.75) is 13.0 Å². The summed E-state index contributed by atoms with van der Waals surface area (Å²) in [4.78, 5) is 12.2. The maximum Gasteiger partial charge on any atom is 0.338 e. The summed E-state index contributed by atoms with van der Waals surface area (Å²) in [6.07, 6.45) is 2.24. The highest BCUT2D eigenvalue weighted by Crippen LogP contribution is 2.37. The van der Waals surface area contributed by atoms with E-state index in [0.29, 0.717) is 24.2 Å². The Kier molecular flexibility index (Phi) is 6.12. The van der Waals surface area contributed by atoms with Crippen molar-refractivity contribution in [3.63, 3.8) is 0 Å². The molecule has 1 aromatic heterocycles. The minimum atomic E-state index is -0.386. The van der Waals surface area contributed by atoms with Gasteiger partial charge < -0.3 is 14.6 Å². The fraction of sp³-hybridized carbons (Fsp3) is 0.100. The van der Waals surface area contributed by atoms with Gasteiger partial charge in [-0.25, -0.2) is 4.79 Å². The summed E-state index contributed by atoms with van der Waals surface area (Å²) < 4.78 is 19.7. The lowest BCUT2D eigenvalue weighted by atomic mass is 9.90. The molecule has 0 saturated carbocycles. The van der Waals surface area contributed by atoms with Crippen LogP contribution in [0.2, 0.25) is 0 Å². The van der Waals surface area contributed by atoms with Crippen molar-refractivity contribution >= 4 is 34.3 Å². The second-order valence-electron chi connectivity index (χ2n) is 8.80. The van der Waals surface area contributed by atoms with E-state index in [2.05, 4.69) is 8.75 Å². The number of carbonyl (C=O) groups excluding carboxylic acids is 1. The second kappa shape index (κ2) is 9.87. The van der Waals surface area contributed by atoms with Gasteiger partial charge in [0.1, 0.15) is 35.7 Å². The van der Waals surface area contributed by atoms with E-state index in [9.17, 15) is 9.90 Å². The summed E-state index contributed by atoms with van der Waals surface area (Å²) in [5, 5.41) is 11.1. The van der Waals surface area contributed by atoms with Crippen LogP contribution in [-0.2, 0) is 22.6 Å². The first-order valence-electron chi connectivity index (χ1n) is 11.9. The zero-order valence-electron chi connectivity index (χ0n) is 19.8. The van der Waals surface area contributed by atoms with Gasteiger partial charge >= 0.3 is 5.97 Å². The molecule has 37 heavy (non-hydrogen) atoms. The van der Waals surface area contributed by atoms with E-state index < -0.39 is 0 Å². The lowest BCUT2D eigenvalue weighted by Crippen LogP contribution is -2.01. The van der Waals surface area contributed by atoms with Gasteiger partial charge in [0.25, 0.3) is 0 Å². The highest BCUT2D eigenvalue weighted by Gasteiger charge is 2.22. The van der Waals surface area contributed by atoms with E-state index in [4.69, 9.17) is 9.47 Å². The zero-order chi connectivity index (χ0) is 25.2. The molecule has 0 amide bonds. The van der Waals surface area contributed by atoms with Crippen molar-refractivity contribution in [3.8, 4) is 22.6 Å². The first kappa shape index (κ1) is 22.9. The van der Waals surface area contributed by atoms with Crippen molar-refractivity contribution in [2.24, 2.45) is 0 Å². The van der Waals surface area contributed by atoms with E-state index >= 15 is 0 Å². The van der Waals surface area contributed by atoms with Crippen molar-refractivity contribution in [1.82, 2.24) is 8.75 Å². The van der Waals surface area contributed by atoms with Crippen molar-refractivity contribution < 1.29 is 19.4 Å². The number of rotatable bonds is 7. The summed E-state index contributed by atoms with van der Waals surface area (Å²) in [6.45, 7) is 0.736. The number of fused-ring (bicyclic) bond motifs is 1. The van der Waals surface area contributed by atoms with Crippen LogP contribution in [0.1, 0.15) is 22.3 Å². The van der Waals surface area contributed by atoms with Crippen LogP contribution >= 0.6 is 11.7 Å². The molecule has 1 aliphatic heterocycles. The lowest BCUT2D eigenvalue weighted by molar-refractivity contribution is -0.133. The summed E-state index contributed by atoms with van der Waals surface area (Å²) in [5.41, 5.74) is 7.30. The Bertz CT molecular complexity index is 1630. The number of phenols is 1. The highest BCUT2D eigenvalue weighted by atomic mass is 32.1. The normalized spacial score (nSPS) is 13.0. The molecule has 0 atom stereocenters. The van der Waals surface area contributed by atoms with Crippen LogP contribution in [-0.4, -0.2) is 26.4 Å². The van der Waals surface area contributed by atoms with Crippen LogP contribution in [0.4, 0.5) is 0 Å². The van der Waals surface area contributed by atoms with E-state index in [-0.39, 0.29) is 18.3 Å². The number of benzene rings is 4. The van der Waals surface area contributed by atoms with Gasteiger partial charge in [-0.05, 0) is 70.3 Å². The average Bonchev–Trinajstić information content (AvgIpc) is 3.58. The molecule has 0 radical (unpaired) electrons. The average molecular weight is 507 g/mol.